The molecule has 0 heterocycles. The maximum absolute atomic E-state index is 12.3. The number of ether oxygens (including phenoxy) is 2. The van der Waals surface area contributed by atoms with Gasteiger partial charge in [-0.3, -0.25) is 14.4 Å². The number of methoxy groups -OCH3 is 1. The van der Waals surface area contributed by atoms with Crippen molar-refractivity contribution >= 4 is 23.5 Å². The van der Waals surface area contributed by atoms with E-state index in [4.69, 9.17) is 9.47 Å². The molecule has 2 amide bonds. The van der Waals surface area contributed by atoms with Gasteiger partial charge in [0.2, 0.25) is 5.91 Å². The third-order valence-corrected chi connectivity index (χ3v) is 3.59. The largest absolute Gasteiger partial charge is 0.427 e. The lowest BCUT2D eigenvalue weighted by Crippen LogP contribution is -2.23. The van der Waals surface area contributed by atoms with Crippen molar-refractivity contribution in [2.75, 3.05) is 19.0 Å². The van der Waals surface area contributed by atoms with E-state index in [-0.39, 0.29) is 11.8 Å². The average Bonchev–Trinajstić information content (AvgIpc) is 2.65. The molecule has 0 bridgehead atoms. The van der Waals surface area contributed by atoms with E-state index in [1.54, 1.807) is 37.4 Å². The lowest BCUT2D eigenvalue weighted by molar-refractivity contribution is -0.131. The quantitative estimate of drug-likeness (QED) is 0.550. The molecular weight excluding hydrogens is 348 g/mol. The van der Waals surface area contributed by atoms with E-state index in [0.29, 0.717) is 36.6 Å². The van der Waals surface area contributed by atoms with Gasteiger partial charge in [-0.15, -0.1) is 0 Å². The molecule has 0 aliphatic carbocycles. The van der Waals surface area contributed by atoms with Crippen LogP contribution in [0.5, 0.6) is 5.75 Å². The number of nitrogens with one attached hydrogen (secondary N) is 2. The van der Waals surface area contributed by atoms with E-state index in [1.165, 1.54) is 13.0 Å². The van der Waals surface area contributed by atoms with Crippen LogP contribution in [-0.2, 0) is 20.9 Å². The molecule has 2 rings (SSSR count). The van der Waals surface area contributed by atoms with E-state index in [1.807, 2.05) is 12.1 Å². The van der Waals surface area contributed by atoms with Gasteiger partial charge in [-0.25, -0.2) is 0 Å². The van der Waals surface area contributed by atoms with Gasteiger partial charge in [-0.05, 0) is 35.9 Å². The zero-order valence-corrected chi connectivity index (χ0v) is 15.3. The fourth-order valence-corrected chi connectivity index (χ4v) is 2.26. The normalized spacial score (nSPS) is 10.1. The number of rotatable bonds is 8. The molecule has 0 spiro atoms. The first kappa shape index (κ1) is 20.1. The summed E-state index contributed by atoms with van der Waals surface area (Å²) < 4.78 is 9.83. The summed E-state index contributed by atoms with van der Waals surface area (Å²) in [5, 5.41) is 5.57. The summed E-state index contributed by atoms with van der Waals surface area (Å²) in [6.07, 6.45) is 0.317. The van der Waals surface area contributed by atoms with Crippen molar-refractivity contribution < 1.29 is 23.9 Å². The molecule has 0 aliphatic rings. The van der Waals surface area contributed by atoms with Crippen molar-refractivity contribution in [3.63, 3.8) is 0 Å². The molecular formula is C20H22N2O5. The maximum atomic E-state index is 12.3. The first-order chi connectivity index (χ1) is 13.0. The van der Waals surface area contributed by atoms with Gasteiger partial charge in [0.1, 0.15) is 5.75 Å². The summed E-state index contributed by atoms with van der Waals surface area (Å²) in [7, 11) is 1.55. The number of carbonyl (C=O) groups is 3. The van der Waals surface area contributed by atoms with E-state index >= 15 is 0 Å². The Morgan fingerprint density at radius 3 is 2.44 bits per heavy atom. The first-order valence-electron chi connectivity index (χ1n) is 8.42. The molecule has 2 N–H and O–H groups in total. The summed E-state index contributed by atoms with van der Waals surface area (Å²) >= 11 is 0. The van der Waals surface area contributed by atoms with Crippen LogP contribution in [0.15, 0.2) is 48.5 Å². The van der Waals surface area contributed by atoms with Crippen molar-refractivity contribution in [1.29, 1.82) is 0 Å². The molecule has 2 aromatic carbocycles. The van der Waals surface area contributed by atoms with Crippen molar-refractivity contribution in [1.82, 2.24) is 5.32 Å². The third kappa shape index (κ3) is 6.91. The standard InChI is InChI=1S/C20H22N2O5/c1-14(23)27-18-5-3-4-16(12-18)20(25)22-17-8-6-15(7-9-17)13-21-19(24)10-11-26-2/h3-9,12H,10-11,13H2,1-2H3,(H,21,24)(H,22,25). The highest BCUT2D eigenvalue weighted by molar-refractivity contribution is 6.04. The van der Waals surface area contributed by atoms with Gasteiger partial charge >= 0.3 is 5.97 Å². The summed E-state index contributed by atoms with van der Waals surface area (Å²) in [6.45, 7) is 2.09. The van der Waals surface area contributed by atoms with Gasteiger partial charge < -0.3 is 20.1 Å². The summed E-state index contributed by atoms with van der Waals surface area (Å²) in [5.41, 5.74) is 1.91. The summed E-state index contributed by atoms with van der Waals surface area (Å²) in [5.74, 6) is -0.529. The van der Waals surface area contributed by atoms with E-state index < -0.39 is 5.97 Å². The second-order valence-electron chi connectivity index (χ2n) is 5.79. The van der Waals surface area contributed by atoms with Crippen molar-refractivity contribution in [3.8, 4) is 5.75 Å². The minimum Gasteiger partial charge on any atom is -0.427 e. The number of hydrogen-bond donors (Lipinski definition) is 2. The van der Waals surface area contributed by atoms with Crippen LogP contribution >= 0.6 is 0 Å². The molecule has 0 atom stereocenters. The fraction of sp³-hybridized carbons (Fsp3) is 0.250. The number of carbonyl (C=O) groups excluding carboxylic acids is 3. The van der Waals surface area contributed by atoms with Crippen LogP contribution in [0.2, 0.25) is 0 Å². The highest BCUT2D eigenvalue weighted by Gasteiger charge is 2.08. The van der Waals surface area contributed by atoms with Gasteiger partial charge in [0.25, 0.3) is 5.91 Å². The zero-order valence-electron chi connectivity index (χ0n) is 15.3. The topological polar surface area (TPSA) is 93.7 Å². The first-order valence-corrected chi connectivity index (χ1v) is 8.42. The molecule has 0 unspecified atom stereocenters. The van der Waals surface area contributed by atoms with E-state index in [2.05, 4.69) is 10.6 Å². The van der Waals surface area contributed by atoms with Crippen molar-refractivity contribution in [3.05, 3.63) is 59.7 Å². The highest BCUT2D eigenvalue weighted by atomic mass is 16.5. The lowest BCUT2D eigenvalue weighted by atomic mass is 10.1. The molecule has 7 nitrogen and oxygen atoms in total. The fourth-order valence-electron chi connectivity index (χ4n) is 2.26. The maximum Gasteiger partial charge on any atom is 0.308 e. The van der Waals surface area contributed by atoms with Gasteiger partial charge in [0.05, 0.1) is 6.61 Å². The van der Waals surface area contributed by atoms with Crippen LogP contribution in [0.4, 0.5) is 5.69 Å². The monoisotopic (exact) mass is 370 g/mol. The smallest absolute Gasteiger partial charge is 0.308 e. The highest BCUT2D eigenvalue weighted by Crippen LogP contribution is 2.16. The van der Waals surface area contributed by atoms with Gasteiger partial charge in [0.15, 0.2) is 0 Å². The Balaban J connectivity index is 1.91. The Morgan fingerprint density at radius 1 is 1.04 bits per heavy atom. The average molecular weight is 370 g/mol. The van der Waals surface area contributed by atoms with Gasteiger partial charge in [0, 0.05) is 38.2 Å². The lowest BCUT2D eigenvalue weighted by Gasteiger charge is -2.09. The number of hydrogen-bond acceptors (Lipinski definition) is 5. The Hall–Kier alpha value is -3.19. The number of benzene rings is 2. The Kier molecular flexibility index (Phi) is 7.51. The number of amides is 2. The zero-order chi connectivity index (χ0) is 19.6. The summed E-state index contributed by atoms with van der Waals surface area (Å²) in [6, 6.07) is 13.5. The molecule has 27 heavy (non-hydrogen) atoms. The van der Waals surface area contributed by atoms with Crippen LogP contribution < -0.4 is 15.4 Å². The predicted molar refractivity (Wildman–Crippen MR) is 100 cm³/mol. The van der Waals surface area contributed by atoms with Crippen LogP contribution in [-0.4, -0.2) is 31.5 Å². The molecule has 2 aromatic rings. The van der Waals surface area contributed by atoms with Crippen LogP contribution in [0.3, 0.4) is 0 Å². The Labute approximate surface area is 157 Å². The van der Waals surface area contributed by atoms with Gasteiger partial charge in [-0.2, -0.15) is 0 Å². The molecule has 7 heteroatoms. The third-order valence-electron chi connectivity index (χ3n) is 3.59. The molecule has 0 saturated heterocycles. The minimum absolute atomic E-state index is 0.0816. The molecule has 0 aromatic heterocycles. The van der Waals surface area contributed by atoms with Gasteiger partial charge in [-0.1, -0.05) is 18.2 Å². The van der Waals surface area contributed by atoms with Crippen LogP contribution in [0.25, 0.3) is 0 Å². The molecule has 0 fully saturated rings. The van der Waals surface area contributed by atoms with E-state index in [0.717, 1.165) is 5.56 Å². The van der Waals surface area contributed by atoms with Crippen LogP contribution in [0, 0.1) is 0 Å². The second kappa shape index (κ2) is 10.1. The predicted octanol–water partition coefficient (Wildman–Crippen LogP) is 2.52. The number of anilines is 1. The molecule has 142 valence electrons. The Morgan fingerprint density at radius 2 is 1.78 bits per heavy atom. The molecule has 0 saturated carbocycles. The molecule has 0 aliphatic heterocycles. The minimum atomic E-state index is -0.447. The van der Waals surface area contributed by atoms with E-state index in [9.17, 15) is 14.4 Å². The SMILES string of the molecule is COCCC(=O)NCc1ccc(NC(=O)c2cccc(OC(C)=O)c2)cc1. The second-order valence-corrected chi connectivity index (χ2v) is 5.79. The Bertz CT molecular complexity index is 802. The summed E-state index contributed by atoms with van der Waals surface area (Å²) in [4.78, 5) is 34.9. The van der Waals surface area contributed by atoms with Crippen molar-refractivity contribution in [2.45, 2.75) is 19.9 Å². The number of esters is 1. The van der Waals surface area contributed by atoms with Crippen LogP contribution in [0.1, 0.15) is 29.3 Å². The van der Waals surface area contributed by atoms with Crippen molar-refractivity contribution in [2.24, 2.45) is 0 Å². The molecule has 0 radical (unpaired) electrons.